The molecule has 1 aliphatic carbocycles. The summed E-state index contributed by atoms with van der Waals surface area (Å²) in [6.45, 7) is 0. The van der Waals surface area contributed by atoms with Gasteiger partial charge in [0.25, 0.3) is 0 Å². The highest BCUT2D eigenvalue weighted by atomic mass is 16.5. The van der Waals surface area contributed by atoms with Gasteiger partial charge in [-0.05, 0) is 43.4 Å². The average Bonchev–Trinajstić information content (AvgIpc) is 2.38. The van der Waals surface area contributed by atoms with Crippen molar-refractivity contribution in [1.82, 2.24) is 0 Å². The van der Waals surface area contributed by atoms with Crippen molar-refractivity contribution in [3.63, 3.8) is 0 Å². The van der Waals surface area contributed by atoms with Crippen LogP contribution >= 0.6 is 0 Å². The molecule has 1 unspecified atom stereocenters. The Bertz CT molecular complexity index is 367. The predicted octanol–water partition coefficient (Wildman–Crippen LogP) is 3.39. The van der Waals surface area contributed by atoms with Crippen LogP contribution < -0.4 is 4.74 Å². The molecule has 0 amide bonds. The minimum atomic E-state index is 0.311. The number of methoxy groups -OCH3 is 1. The molecular formula is C15H20O2. The van der Waals surface area contributed by atoms with Crippen LogP contribution in [0.5, 0.6) is 5.75 Å². The van der Waals surface area contributed by atoms with Crippen LogP contribution in [0.25, 0.3) is 0 Å². The van der Waals surface area contributed by atoms with Gasteiger partial charge in [0.05, 0.1) is 7.11 Å². The Morgan fingerprint density at radius 3 is 2.65 bits per heavy atom. The molecule has 1 saturated carbocycles. The zero-order valence-corrected chi connectivity index (χ0v) is 10.4. The summed E-state index contributed by atoms with van der Waals surface area (Å²) in [6.07, 6.45) is 6.21. The molecule has 0 heterocycles. The highest BCUT2D eigenvalue weighted by Gasteiger charge is 2.21. The van der Waals surface area contributed by atoms with Gasteiger partial charge in [-0.25, -0.2) is 0 Å². The average molecular weight is 232 g/mol. The van der Waals surface area contributed by atoms with Gasteiger partial charge in [0, 0.05) is 12.3 Å². The Morgan fingerprint density at radius 1 is 1.24 bits per heavy atom. The van der Waals surface area contributed by atoms with E-state index >= 15 is 0 Å². The van der Waals surface area contributed by atoms with Crippen molar-refractivity contribution in [2.75, 3.05) is 7.11 Å². The molecule has 92 valence electrons. The summed E-state index contributed by atoms with van der Waals surface area (Å²) in [4.78, 5) is 11.7. The molecule has 17 heavy (non-hydrogen) atoms. The van der Waals surface area contributed by atoms with Crippen molar-refractivity contribution >= 4 is 5.78 Å². The van der Waals surface area contributed by atoms with Crippen LogP contribution in [0.4, 0.5) is 0 Å². The molecule has 1 atom stereocenters. The first-order chi connectivity index (χ1) is 8.29. The second-order valence-electron chi connectivity index (χ2n) is 4.80. The Hall–Kier alpha value is -1.31. The molecule has 0 bridgehead atoms. The van der Waals surface area contributed by atoms with Gasteiger partial charge in [-0.2, -0.15) is 0 Å². The summed E-state index contributed by atoms with van der Waals surface area (Å²) in [5.74, 6) is 1.68. The number of carbonyl (C=O) groups excluding carboxylic acids is 1. The fourth-order valence-electron chi connectivity index (χ4n) is 2.49. The second-order valence-corrected chi connectivity index (χ2v) is 4.80. The van der Waals surface area contributed by atoms with Crippen LogP contribution in [0.1, 0.15) is 37.7 Å². The molecule has 2 nitrogen and oxygen atoms in total. The number of benzene rings is 1. The fourth-order valence-corrected chi connectivity index (χ4v) is 2.49. The lowest BCUT2D eigenvalue weighted by atomic mass is 9.84. The number of Topliss-reactive ketones (excluding diaryl/α,β-unsaturated/α-hetero) is 1. The van der Waals surface area contributed by atoms with Gasteiger partial charge in [0.2, 0.25) is 0 Å². The van der Waals surface area contributed by atoms with Gasteiger partial charge in [0.1, 0.15) is 11.5 Å². The molecule has 1 aromatic rings. The first kappa shape index (κ1) is 12.2. The molecule has 2 heteroatoms. The predicted molar refractivity (Wildman–Crippen MR) is 68.3 cm³/mol. The summed E-state index contributed by atoms with van der Waals surface area (Å²) in [5, 5.41) is 0. The molecule has 2 rings (SSSR count). The third-order valence-electron chi connectivity index (χ3n) is 3.62. The number of hydrogen-bond acceptors (Lipinski definition) is 2. The van der Waals surface area contributed by atoms with Crippen LogP contribution in [0.2, 0.25) is 0 Å². The Labute approximate surface area is 103 Å². The number of ketones is 1. The molecule has 1 aliphatic rings. The largest absolute Gasteiger partial charge is 0.497 e. The van der Waals surface area contributed by atoms with Crippen molar-refractivity contribution in [3.05, 3.63) is 29.8 Å². The lowest BCUT2D eigenvalue weighted by molar-refractivity contribution is -0.124. The zero-order valence-electron chi connectivity index (χ0n) is 10.4. The summed E-state index contributed by atoms with van der Waals surface area (Å²) in [7, 11) is 1.68. The van der Waals surface area contributed by atoms with Gasteiger partial charge in [-0.3, -0.25) is 4.79 Å². The van der Waals surface area contributed by atoms with Gasteiger partial charge in [-0.15, -0.1) is 0 Å². The number of hydrogen-bond donors (Lipinski definition) is 0. The topological polar surface area (TPSA) is 26.3 Å². The van der Waals surface area contributed by atoms with Gasteiger partial charge < -0.3 is 4.74 Å². The van der Waals surface area contributed by atoms with Crippen molar-refractivity contribution in [1.29, 1.82) is 0 Å². The quantitative estimate of drug-likeness (QED) is 0.795. The number of carbonyl (C=O) groups is 1. The maximum Gasteiger partial charge on any atom is 0.135 e. The van der Waals surface area contributed by atoms with Crippen LogP contribution in [-0.2, 0) is 11.2 Å². The minimum absolute atomic E-state index is 0.311. The maximum absolute atomic E-state index is 11.7. The lowest BCUT2D eigenvalue weighted by Crippen LogP contribution is -2.19. The Kier molecular flexibility index (Phi) is 4.18. The molecule has 1 fully saturated rings. The zero-order chi connectivity index (χ0) is 12.1. The monoisotopic (exact) mass is 232 g/mol. The van der Waals surface area contributed by atoms with Crippen molar-refractivity contribution in [2.45, 2.75) is 38.5 Å². The van der Waals surface area contributed by atoms with Crippen LogP contribution in [0.3, 0.4) is 0 Å². The van der Waals surface area contributed by atoms with E-state index in [1.807, 2.05) is 12.1 Å². The van der Waals surface area contributed by atoms with Crippen LogP contribution in [0.15, 0.2) is 24.3 Å². The molecule has 1 aromatic carbocycles. The maximum atomic E-state index is 11.7. The van der Waals surface area contributed by atoms with Crippen molar-refractivity contribution in [2.24, 2.45) is 5.92 Å². The highest BCUT2D eigenvalue weighted by Crippen LogP contribution is 2.25. The third kappa shape index (κ3) is 3.32. The van der Waals surface area contributed by atoms with Gasteiger partial charge in [-0.1, -0.05) is 18.6 Å². The van der Waals surface area contributed by atoms with Crippen LogP contribution in [0, 0.1) is 5.92 Å². The van der Waals surface area contributed by atoms with E-state index in [1.54, 1.807) is 7.11 Å². The lowest BCUT2D eigenvalue weighted by Gasteiger charge is -2.20. The Balaban J connectivity index is 1.86. The first-order valence-corrected chi connectivity index (χ1v) is 6.45. The molecule has 0 saturated heterocycles. The molecule has 0 N–H and O–H groups in total. The van der Waals surface area contributed by atoms with E-state index < -0.39 is 0 Å². The minimum Gasteiger partial charge on any atom is -0.497 e. The van der Waals surface area contributed by atoms with Crippen molar-refractivity contribution in [3.8, 4) is 5.75 Å². The molecule has 0 aliphatic heterocycles. The van der Waals surface area contributed by atoms with E-state index in [4.69, 9.17) is 4.74 Å². The van der Waals surface area contributed by atoms with E-state index in [0.717, 1.165) is 37.9 Å². The number of rotatable bonds is 4. The number of aryl methyl sites for hydroxylation is 1. The van der Waals surface area contributed by atoms with E-state index in [9.17, 15) is 4.79 Å². The SMILES string of the molecule is COc1ccc(CCC2CCCCC2=O)cc1. The molecular weight excluding hydrogens is 212 g/mol. The summed E-state index contributed by atoms with van der Waals surface area (Å²) in [5.41, 5.74) is 1.30. The van der Waals surface area contributed by atoms with Crippen molar-refractivity contribution < 1.29 is 9.53 Å². The van der Waals surface area contributed by atoms with E-state index in [0.29, 0.717) is 11.7 Å². The molecule has 0 radical (unpaired) electrons. The van der Waals surface area contributed by atoms with Gasteiger partial charge in [0.15, 0.2) is 0 Å². The van der Waals surface area contributed by atoms with E-state index in [2.05, 4.69) is 12.1 Å². The second kappa shape index (κ2) is 5.85. The standard InChI is InChI=1S/C15H20O2/c1-17-14-10-7-12(8-11-14)6-9-13-4-2-3-5-15(13)16/h7-8,10-11,13H,2-6,9H2,1H3. The van der Waals surface area contributed by atoms with E-state index in [-0.39, 0.29) is 0 Å². The molecule has 0 spiro atoms. The fraction of sp³-hybridized carbons (Fsp3) is 0.533. The van der Waals surface area contributed by atoms with Crippen LogP contribution in [-0.4, -0.2) is 12.9 Å². The number of ether oxygens (including phenoxy) is 1. The first-order valence-electron chi connectivity index (χ1n) is 6.45. The smallest absolute Gasteiger partial charge is 0.135 e. The van der Waals surface area contributed by atoms with Gasteiger partial charge >= 0.3 is 0 Å². The normalized spacial score (nSPS) is 20.3. The summed E-state index contributed by atoms with van der Waals surface area (Å²) < 4.78 is 5.13. The summed E-state index contributed by atoms with van der Waals surface area (Å²) >= 11 is 0. The molecule has 0 aromatic heterocycles. The highest BCUT2D eigenvalue weighted by molar-refractivity contribution is 5.81. The summed E-state index contributed by atoms with van der Waals surface area (Å²) in [6, 6.07) is 8.15. The third-order valence-corrected chi connectivity index (χ3v) is 3.62. The Morgan fingerprint density at radius 2 is 2.00 bits per heavy atom. The van der Waals surface area contributed by atoms with E-state index in [1.165, 1.54) is 12.0 Å².